The van der Waals surface area contributed by atoms with Crippen molar-refractivity contribution in [2.75, 3.05) is 13.2 Å². The number of ether oxygens (including phenoxy) is 3. The molecule has 3 rings (SSSR count). The summed E-state index contributed by atoms with van der Waals surface area (Å²) in [5.41, 5.74) is 1.90. The van der Waals surface area contributed by atoms with Gasteiger partial charge in [0.1, 0.15) is 28.8 Å². The van der Waals surface area contributed by atoms with Crippen LogP contribution in [0.2, 0.25) is 0 Å². The lowest BCUT2D eigenvalue weighted by molar-refractivity contribution is -0.117. The zero-order chi connectivity index (χ0) is 26.6. The van der Waals surface area contributed by atoms with Crippen molar-refractivity contribution in [3.8, 4) is 23.0 Å². The molecule has 0 aliphatic carbocycles. The average molecular weight is 521 g/mol. The summed E-state index contributed by atoms with van der Waals surface area (Å²) in [6, 6.07) is 23.1. The van der Waals surface area contributed by atoms with Crippen molar-refractivity contribution in [2.24, 2.45) is 5.92 Å². The molecule has 1 atom stereocenters. The molecule has 1 unspecified atom stereocenters. The van der Waals surface area contributed by atoms with E-state index in [-0.39, 0.29) is 16.8 Å². The van der Waals surface area contributed by atoms with Crippen LogP contribution >= 0.6 is 11.8 Å². The molecule has 0 saturated carbocycles. The molecule has 5 nitrogen and oxygen atoms in total. The van der Waals surface area contributed by atoms with E-state index >= 15 is 0 Å². The van der Waals surface area contributed by atoms with Gasteiger partial charge >= 0.3 is 0 Å². The first-order valence-corrected chi connectivity index (χ1v) is 13.7. The fraction of sp³-hybridized carbons (Fsp3) is 0.355. The van der Waals surface area contributed by atoms with Crippen LogP contribution in [0.5, 0.6) is 23.0 Å². The number of rotatable bonds is 14. The number of aryl methyl sites for hydroxylation is 1. The van der Waals surface area contributed by atoms with Crippen LogP contribution in [0.4, 0.5) is 0 Å². The smallest absolute Gasteiger partial charge is 0.192 e. The number of ketones is 1. The van der Waals surface area contributed by atoms with Crippen molar-refractivity contribution < 1.29 is 23.8 Å². The van der Waals surface area contributed by atoms with Crippen LogP contribution in [0.3, 0.4) is 0 Å². The van der Waals surface area contributed by atoms with Crippen molar-refractivity contribution in [2.45, 2.75) is 52.2 Å². The van der Waals surface area contributed by atoms with Gasteiger partial charge in [-0.15, -0.1) is 0 Å². The maximum atomic E-state index is 12.2. The minimum atomic E-state index is -0.521. The van der Waals surface area contributed by atoms with E-state index in [1.54, 1.807) is 0 Å². The molecule has 0 fully saturated rings. The zero-order valence-corrected chi connectivity index (χ0v) is 22.9. The Balaban J connectivity index is 1.53. The third-order valence-electron chi connectivity index (χ3n) is 5.58. The highest BCUT2D eigenvalue weighted by molar-refractivity contribution is 8.14. The molecule has 0 amide bonds. The SMILES string of the molecule is CCCc1cc(Oc2ccccc2)ccc1OCCCOc1cccc(C(SC(=O)C(C)C)C(C)=O)c1. The molecule has 0 bridgehead atoms. The first-order valence-electron chi connectivity index (χ1n) is 12.8. The molecule has 0 aliphatic rings. The second kappa shape index (κ2) is 14.5. The molecule has 0 heterocycles. The number of hydrogen-bond acceptors (Lipinski definition) is 6. The second-order valence-electron chi connectivity index (χ2n) is 9.14. The van der Waals surface area contributed by atoms with Gasteiger partial charge < -0.3 is 14.2 Å². The predicted molar refractivity (Wildman–Crippen MR) is 150 cm³/mol. The summed E-state index contributed by atoms with van der Waals surface area (Å²) in [6.45, 7) is 8.33. The van der Waals surface area contributed by atoms with E-state index in [4.69, 9.17) is 14.2 Å². The lowest BCUT2D eigenvalue weighted by Gasteiger charge is -2.16. The van der Waals surface area contributed by atoms with Crippen molar-refractivity contribution in [1.29, 1.82) is 0 Å². The topological polar surface area (TPSA) is 61.8 Å². The van der Waals surface area contributed by atoms with Crippen LogP contribution in [0.15, 0.2) is 72.8 Å². The first kappa shape index (κ1) is 28.3. The van der Waals surface area contributed by atoms with E-state index in [1.165, 1.54) is 6.92 Å². The molecule has 0 spiro atoms. The Hall–Kier alpha value is -3.25. The molecule has 3 aromatic rings. The van der Waals surface area contributed by atoms with Gasteiger partial charge in [-0.25, -0.2) is 0 Å². The number of thioether (sulfide) groups is 1. The van der Waals surface area contributed by atoms with Crippen LogP contribution in [-0.2, 0) is 16.0 Å². The molecule has 0 radical (unpaired) electrons. The summed E-state index contributed by atoms with van der Waals surface area (Å²) in [6.07, 6.45) is 2.61. The van der Waals surface area contributed by atoms with Crippen LogP contribution in [-0.4, -0.2) is 24.1 Å². The number of para-hydroxylation sites is 1. The highest BCUT2D eigenvalue weighted by Gasteiger charge is 2.23. The van der Waals surface area contributed by atoms with E-state index < -0.39 is 5.25 Å². The quantitative estimate of drug-likeness (QED) is 0.202. The number of carbonyl (C=O) groups is 2. The maximum absolute atomic E-state index is 12.2. The maximum Gasteiger partial charge on any atom is 0.192 e. The molecule has 37 heavy (non-hydrogen) atoms. The Morgan fingerprint density at radius 2 is 1.57 bits per heavy atom. The van der Waals surface area contributed by atoms with E-state index in [2.05, 4.69) is 6.92 Å². The summed E-state index contributed by atoms with van der Waals surface area (Å²) in [5.74, 6) is 2.96. The monoisotopic (exact) mass is 520 g/mol. The molecular weight excluding hydrogens is 484 g/mol. The summed E-state index contributed by atoms with van der Waals surface area (Å²) in [7, 11) is 0. The number of carbonyl (C=O) groups excluding carboxylic acids is 2. The summed E-state index contributed by atoms with van der Waals surface area (Å²) in [5, 5.41) is -0.515. The Morgan fingerprint density at radius 1 is 0.838 bits per heavy atom. The molecule has 0 aliphatic heterocycles. The molecule has 0 N–H and O–H groups in total. The predicted octanol–water partition coefficient (Wildman–Crippen LogP) is 7.83. The second-order valence-corrected chi connectivity index (χ2v) is 10.2. The van der Waals surface area contributed by atoms with E-state index in [0.29, 0.717) is 25.4 Å². The molecular formula is C31H36O5S. The lowest BCUT2D eigenvalue weighted by atomic mass is 10.1. The highest BCUT2D eigenvalue weighted by atomic mass is 32.2. The first-order chi connectivity index (χ1) is 17.9. The molecule has 0 saturated heterocycles. The van der Waals surface area contributed by atoms with Crippen molar-refractivity contribution >= 4 is 22.7 Å². The summed E-state index contributed by atoms with van der Waals surface area (Å²) in [4.78, 5) is 24.4. The van der Waals surface area contributed by atoms with E-state index in [9.17, 15) is 9.59 Å². The lowest BCUT2D eigenvalue weighted by Crippen LogP contribution is -2.12. The Kier molecular flexibility index (Phi) is 11.1. The number of Topliss-reactive ketones (excluding diaryl/α,β-unsaturated/α-hetero) is 1. The third-order valence-corrected chi connectivity index (χ3v) is 7.12. The summed E-state index contributed by atoms with van der Waals surface area (Å²) >= 11 is 1.09. The van der Waals surface area contributed by atoms with E-state index in [1.807, 2.05) is 86.6 Å². The van der Waals surface area contributed by atoms with Gasteiger partial charge in [-0.3, -0.25) is 9.59 Å². The number of hydrogen-bond donors (Lipinski definition) is 0. The van der Waals surface area contributed by atoms with Gasteiger partial charge in [-0.2, -0.15) is 0 Å². The standard InChI is InChI=1S/C31H36O5S/c1-5-11-24-20-28(36-26-13-7-6-8-14-26)16-17-29(24)35-19-10-18-34-27-15-9-12-25(21-27)30(23(4)32)37-31(33)22(2)3/h6-9,12-17,20-22,30H,5,10-11,18-19H2,1-4H3. The van der Waals surface area contributed by atoms with E-state index in [0.717, 1.165) is 53.0 Å². The fourth-order valence-corrected chi connectivity index (χ4v) is 4.64. The fourth-order valence-electron chi connectivity index (χ4n) is 3.69. The number of benzene rings is 3. The van der Waals surface area contributed by atoms with Gasteiger partial charge in [0.25, 0.3) is 0 Å². The van der Waals surface area contributed by atoms with Crippen molar-refractivity contribution in [3.05, 3.63) is 83.9 Å². The van der Waals surface area contributed by atoms with Gasteiger partial charge in [0.2, 0.25) is 0 Å². The van der Waals surface area contributed by atoms with Crippen LogP contribution in [0.25, 0.3) is 0 Å². The molecule has 0 aromatic heterocycles. The zero-order valence-electron chi connectivity index (χ0n) is 22.1. The molecule has 6 heteroatoms. The largest absolute Gasteiger partial charge is 0.493 e. The Morgan fingerprint density at radius 3 is 2.27 bits per heavy atom. The van der Waals surface area contributed by atoms with Gasteiger partial charge in [0.15, 0.2) is 5.12 Å². The van der Waals surface area contributed by atoms with Crippen LogP contribution in [0, 0.1) is 5.92 Å². The van der Waals surface area contributed by atoms with Crippen molar-refractivity contribution in [1.82, 2.24) is 0 Å². The highest BCUT2D eigenvalue weighted by Crippen LogP contribution is 2.34. The van der Waals surface area contributed by atoms with Gasteiger partial charge in [-0.1, -0.05) is 69.3 Å². The Labute approximate surface area is 224 Å². The van der Waals surface area contributed by atoms with Crippen LogP contribution < -0.4 is 14.2 Å². The summed E-state index contributed by atoms with van der Waals surface area (Å²) < 4.78 is 18.0. The van der Waals surface area contributed by atoms with Crippen molar-refractivity contribution in [3.63, 3.8) is 0 Å². The molecule has 3 aromatic carbocycles. The van der Waals surface area contributed by atoms with Gasteiger partial charge in [0, 0.05) is 12.3 Å². The minimum Gasteiger partial charge on any atom is -0.493 e. The average Bonchev–Trinajstić information content (AvgIpc) is 2.88. The minimum absolute atomic E-state index is 0.00535. The third kappa shape index (κ3) is 8.97. The van der Waals surface area contributed by atoms with Gasteiger partial charge in [-0.05, 0) is 66.9 Å². The van der Waals surface area contributed by atoms with Gasteiger partial charge in [0.05, 0.1) is 18.5 Å². The normalized spacial score (nSPS) is 11.7. The Bertz CT molecular complexity index is 1160. The van der Waals surface area contributed by atoms with Crippen LogP contribution in [0.1, 0.15) is 56.9 Å². The molecule has 196 valence electrons.